The zero-order valence-electron chi connectivity index (χ0n) is 12.4. The topological polar surface area (TPSA) is 47.0 Å². The molecule has 0 radical (unpaired) electrons. The van der Waals surface area contributed by atoms with Gasteiger partial charge in [0.2, 0.25) is 5.88 Å². The lowest BCUT2D eigenvalue weighted by Gasteiger charge is -2.19. The molecule has 0 aliphatic carbocycles. The lowest BCUT2D eigenvalue weighted by Crippen LogP contribution is -2.13. The van der Waals surface area contributed by atoms with Crippen LogP contribution < -0.4 is 10.1 Å². The molecule has 0 aliphatic rings. The summed E-state index contributed by atoms with van der Waals surface area (Å²) in [5.41, 5.74) is 1.25. The van der Waals surface area contributed by atoms with Crippen molar-refractivity contribution in [1.29, 1.82) is 0 Å². The molecule has 1 N–H and O–H groups in total. The van der Waals surface area contributed by atoms with Crippen LogP contribution in [0.15, 0.2) is 0 Å². The monoisotopic (exact) mass is 251 g/mol. The Morgan fingerprint density at radius 2 is 1.89 bits per heavy atom. The molecule has 18 heavy (non-hydrogen) atoms. The van der Waals surface area contributed by atoms with Gasteiger partial charge in [0.15, 0.2) is 0 Å². The highest BCUT2D eigenvalue weighted by atomic mass is 16.5. The predicted molar refractivity (Wildman–Crippen MR) is 75.3 cm³/mol. The van der Waals surface area contributed by atoms with E-state index >= 15 is 0 Å². The Labute approximate surface area is 110 Å². The summed E-state index contributed by atoms with van der Waals surface area (Å²) < 4.78 is 5.81. The molecule has 0 atom stereocenters. The van der Waals surface area contributed by atoms with Gasteiger partial charge in [0.05, 0.1) is 12.2 Å². The van der Waals surface area contributed by atoms with Crippen molar-refractivity contribution in [1.82, 2.24) is 9.97 Å². The second-order valence-electron chi connectivity index (χ2n) is 5.68. The molecule has 0 saturated heterocycles. The van der Waals surface area contributed by atoms with Crippen LogP contribution in [-0.2, 0) is 6.42 Å². The van der Waals surface area contributed by atoms with E-state index in [2.05, 4.69) is 36.1 Å². The molecule has 0 amide bonds. The summed E-state index contributed by atoms with van der Waals surface area (Å²) in [6.45, 7) is 11.3. The molecule has 0 fully saturated rings. The van der Waals surface area contributed by atoms with Gasteiger partial charge < -0.3 is 10.1 Å². The zero-order valence-corrected chi connectivity index (χ0v) is 12.4. The fraction of sp³-hybridized carbons (Fsp3) is 0.714. The smallest absolute Gasteiger partial charge is 0.221 e. The summed E-state index contributed by atoms with van der Waals surface area (Å²) in [6.07, 6.45) is 1.82. The average Bonchev–Trinajstić information content (AvgIpc) is 2.29. The molecule has 4 heteroatoms. The number of anilines is 1. The van der Waals surface area contributed by atoms with Gasteiger partial charge >= 0.3 is 0 Å². The summed E-state index contributed by atoms with van der Waals surface area (Å²) >= 11 is 0. The Morgan fingerprint density at radius 3 is 2.39 bits per heavy atom. The maximum Gasteiger partial charge on any atom is 0.221 e. The van der Waals surface area contributed by atoms with Gasteiger partial charge in [-0.25, -0.2) is 4.98 Å². The number of rotatable bonds is 5. The molecule has 1 aromatic heterocycles. The van der Waals surface area contributed by atoms with E-state index in [4.69, 9.17) is 4.74 Å². The van der Waals surface area contributed by atoms with Crippen LogP contribution in [-0.4, -0.2) is 23.6 Å². The van der Waals surface area contributed by atoms with Crippen molar-refractivity contribution in [2.75, 3.05) is 19.0 Å². The van der Waals surface area contributed by atoms with E-state index in [1.807, 2.05) is 20.9 Å². The molecular weight excluding hydrogens is 226 g/mol. The van der Waals surface area contributed by atoms with Crippen molar-refractivity contribution in [3.8, 4) is 5.88 Å². The molecular formula is C14H25N3O. The molecule has 0 unspecified atom stereocenters. The van der Waals surface area contributed by atoms with Crippen LogP contribution in [0.25, 0.3) is 0 Å². The number of aryl methyl sites for hydroxylation is 1. The second kappa shape index (κ2) is 6.03. The number of nitrogens with one attached hydrogen (secondary N) is 1. The second-order valence-corrected chi connectivity index (χ2v) is 5.68. The van der Waals surface area contributed by atoms with E-state index in [0.717, 1.165) is 30.0 Å². The summed E-state index contributed by atoms with van der Waals surface area (Å²) in [5, 5.41) is 3.09. The molecule has 4 nitrogen and oxygen atoms in total. The first-order chi connectivity index (χ1) is 8.37. The maximum absolute atomic E-state index is 5.81. The van der Waals surface area contributed by atoms with Crippen molar-refractivity contribution in [3.63, 3.8) is 0 Å². The van der Waals surface area contributed by atoms with E-state index in [9.17, 15) is 0 Å². The van der Waals surface area contributed by atoms with Crippen molar-refractivity contribution >= 4 is 5.82 Å². The Bertz CT molecular complexity index is 397. The fourth-order valence-corrected chi connectivity index (χ4v) is 1.54. The highest BCUT2D eigenvalue weighted by Gasteiger charge is 2.13. The van der Waals surface area contributed by atoms with Gasteiger partial charge in [-0.3, -0.25) is 0 Å². The van der Waals surface area contributed by atoms with E-state index in [1.54, 1.807) is 0 Å². The first kappa shape index (κ1) is 14.7. The number of hydrogen-bond donors (Lipinski definition) is 1. The van der Waals surface area contributed by atoms with Gasteiger partial charge in [-0.15, -0.1) is 0 Å². The SMILES string of the molecule is CCc1nc(NC)c(C)c(OCCC(C)(C)C)n1. The summed E-state index contributed by atoms with van der Waals surface area (Å²) in [4.78, 5) is 8.87. The van der Waals surface area contributed by atoms with Crippen LogP contribution in [0.2, 0.25) is 0 Å². The molecule has 102 valence electrons. The molecule has 0 bridgehead atoms. The summed E-state index contributed by atoms with van der Waals surface area (Å²) in [5.74, 6) is 2.37. The molecule has 0 aromatic carbocycles. The molecule has 1 heterocycles. The largest absolute Gasteiger partial charge is 0.477 e. The third-order valence-electron chi connectivity index (χ3n) is 2.79. The zero-order chi connectivity index (χ0) is 13.8. The van der Waals surface area contributed by atoms with E-state index in [0.29, 0.717) is 12.5 Å². The number of ether oxygens (including phenoxy) is 1. The van der Waals surface area contributed by atoms with Gasteiger partial charge in [0.25, 0.3) is 0 Å². The number of hydrogen-bond acceptors (Lipinski definition) is 4. The normalized spacial score (nSPS) is 11.4. The van der Waals surface area contributed by atoms with Gasteiger partial charge in [-0.1, -0.05) is 27.7 Å². The van der Waals surface area contributed by atoms with Gasteiger partial charge in [0.1, 0.15) is 11.6 Å². The molecule has 1 aromatic rings. The third kappa shape index (κ3) is 4.17. The lowest BCUT2D eigenvalue weighted by atomic mass is 9.93. The van der Waals surface area contributed by atoms with E-state index < -0.39 is 0 Å². The predicted octanol–water partition coefficient (Wildman–Crippen LogP) is 3.20. The Balaban J connectivity index is 2.81. The molecule has 0 spiro atoms. The van der Waals surface area contributed by atoms with Crippen molar-refractivity contribution in [2.24, 2.45) is 5.41 Å². The first-order valence-electron chi connectivity index (χ1n) is 6.55. The highest BCUT2D eigenvalue weighted by molar-refractivity contribution is 5.48. The van der Waals surface area contributed by atoms with Crippen LogP contribution >= 0.6 is 0 Å². The first-order valence-corrected chi connectivity index (χ1v) is 6.55. The standard InChI is InChI=1S/C14H25N3O/c1-7-11-16-12(15-6)10(2)13(17-11)18-9-8-14(3,4)5/h7-9H2,1-6H3,(H,15,16,17). The minimum Gasteiger partial charge on any atom is -0.477 e. The molecule has 1 rings (SSSR count). The van der Waals surface area contributed by atoms with Crippen LogP contribution in [0, 0.1) is 12.3 Å². The van der Waals surface area contributed by atoms with Crippen molar-refractivity contribution < 1.29 is 4.74 Å². The Morgan fingerprint density at radius 1 is 1.22 bits per heavy atom. The highest BCUT2D eigenvalue weighted by Crippen LogP contribution is 2.24. The molecule has 0 aliphatic heterocycles. The van der Waals surface area contributed by atoms with Crippen molar-refractivity contribution in [3.05, 3.63) is 11.4 Å². The average molecular weight is 251 g/mol. The van der Waals surface area contributed by atoms with Gasteiger partial charge in [-0.2, -0.15) is 4.98 Å². The minimum atomic E-state index is 0.278. The number of nitrogens with zero attached hydrogens (tertiary/aromatic N) is 2. The van der Waals surface area contributed by atoms with Crippen LogP contribution in [0.4, 0.5) is 5.82 Å². The van der Waals surface area contributed by atoms with Crippen molar-refractivity contribution in [2.45, 2.75) is 47.5 Å². The fourth-order valence-electron chi connectivity index (χ4n) is 1.54. The lowest BCUT2D eigenvalue weighted by molar-refractivity contribution is 0.234. The third-order valence-corrected chi connectivity index (χ3v) is 2.79. The minimum absolute atomic E-state index is 0.278. The quantitative estimate of drug-likeness (QED) is 0.873. The van der Waals surface area contributed by atoms with Crippen LogP contribution in [0.3, 0.4) is 0 Å². The number of aromatic nitrogens is 2. The van der Waals surface area contributed by atoms with Gasteiger partial charge in [0, 0.05) is 13.5 Å². The summed E-state index contributed by atoms with van der Waals surface area (Å²) in [7, 11) is 1.87. The summed E-state index contributed by atoms with van der Waals surface area (Å²) in [6, 6.07) is 0. The molecule has 0 saturated carbocycles. The van der Waals surface area contributed by atoms with E-state index in [1.165, 1.54) is 0 Å². The van der Waals surface area contributed by atoms with E-state index in [-0.39, 0.29) is 5.41 Å². The van der Waals surface area contributed by atoms with Crippen LogP contribution in [0.5, 0.6) is 5.88 Å². The Kier molecular flexibility index (Phi) is 4.93. The van der Waals surface area contributed by atoms with Gasteiger partial charge in [-0.05, 0) is 18.8 Å². The maximum atomic E-state index is 5.81. The Hall–Kier alpha value is -1.32. The van der Waals surface area contributed by atoms with Crippen LogP contribution in [0.1, 0.15) is 45.5 Å².